The summed E-state index contributed by atoms with van der Waals surface area (Å²) in [7, 11) is 0. The van der Waals surface area contributed by atoms with Crippen molar-refractivity contribution in [2.75, 3.05) is 44.7 Å². The number of nitrogens with one attached hydrogen (secondary N) is 1. The van der Waals surface area contributed by atoms with E-state index in [2.05, 4.69) is 37.4 Å². The predicted octanol–water partition coefficient (Wildman–Crippen LogP) is 1.62. The number of morpholine rings is 1. The van der Waals surface area contributed by atoms with Gasteiger partial charge in [0.1, 0.15) is 12.1 Å². The van der Waals surface area contributed by atoms with Gasteiger partial charge in [0.15, 0.2) is 5.65 Å². The molecule has 0 bridgehead atoms. The number of benzene rings is 1. The monoisotopic (exact) mass is 338 g/mol. The molecular weight excluding hydrogens is 316 g/mol. The largest absolute Gasteiger partial charge is 0.379 e. The molecular formula is C18H22N6O. The van der Waals surface area contributed by atoms with Gasteiger partial charge in [-0.05, 0) is 5.56 Å². The van der Waals surface area contributed by atoms with E-state index in [0.717, 1.165) is 56.2 Å². The van der Waals surface area contributed by atoms with Gasteiger partial charge in [-0.3, -0.25) is 4.90 Å². The molecule has 3 heterocycles. The lowest BCUT2D eigenvalue weighted by Gasteiger charge is -2.26. The highest BCUT2D eigenvalue weighted by atomic mass is 16.5. The lowest BCUT2D eigenvalue weighted by Crippen LogP contribution is -2.39. The summed E-state index contributed by atoms with van der Waals surface area (Å²) in [5.41, 5.74) is 2.06. The molecule has 130 valence electrons. The number of rotatable bonds is 6. The van der Waals surface area contributed by atoms with Crippen LogP contribution in [0, 0.1) is 0 Å². The first-order chi connectivity index (χ1) is 12.4. The zero-order valence-corrected chi connectivity index (χ0v) is 14.1. The van der Waals surface area contributed by atoms with Crippen LogP contribution in [0.1, 0.15) is 5.56 Å². The number of ether oxygens (including phenoxy) is 1. The molecule has 0 amide bonds. The van der Waals surface area contributed by atoms with Gasteiger partial charge in [-0.2, -0.15) is 5.10 Å². The molecule has 25 heavy (non-hydrogen) atoms. The van der Waals surface area contributed by atoms with Crippen LogP contribution in [0.25, 0.3) is 11.0 Å². The van der Waals surface area contributed by atoms with E-state index in [4.69, 9.17) is 4.74 Å². The Morgan fingerprint density at radius 1 is 1.08 bits per heavy atom. The molecule has 0 radical (unpaired) electrons. The minimum atomic E-state index is 0.703. The topological polar surface area (TPSA) is 68.1 Å². The zero-order valence-electron chi connectivity index (χ0n) is 14.1. The molecule has 3 aromatic rings. The van der Waals surface area contributed by atoms with Crippen LogP contribution in [-0.4, -0.2) is 64.0 Å². The third-order valence-corrected chi connectivity index (χ3v) is 4.43. The Labute approximate surface area is 146 Å². The third-order valence-electron chi connectivity index (χ3n) is 4.43. The van der Waals surface area contributed by atoms with Gasteiger partial charge < -0.3 is 10.1 Å². The van der Waals surface area contributed by atoms with Crippen molar-refractivity contribution in [2.45, 2.75) is 6.54 Å². The van der Waals surface area contributed by atoms with Crippen molar-refractivity contribution in [3.8, 4) is 0 Å². The van der Waals surface area contributed by atoms with Crippen LogP contribution in [-0.2, 0) is 11.3 Å². The molecule has 1 aromatic carbocycles. The molecule has 1 saturated heterocycles. The Balaban J connectivity index is 1.45. The SMILES string of the molecule is c1ccc(Cn2ncc3c(NCCN4CCOCC4)ncnc32)cc1. The van der Waals surface area contributed by atoms with Crippen LogP contribution >= 0.6 is 0 Å². The highest BCUT2D eigenvalue weighted by Gasteiger charge is 2.12. The van der Waals surface area contributed by atoms with Gasteiger partial charge in [0.2, 0.25) is 0 Å². The molecule has 2 aromatic heterocycles. The first-order valence-corrected chi connectivity index (χ1v) is 8.64. The number of aromatic nitrogens is 4. The summed E-state index contributed by atoms with van der Waals surface area (Å²) in [6.45, 7) is 6.16. The van der Waals surface area contributed by atoms with Crippen molar-refractivity contribution >= 4 is 16.9 Å². The molecule has 0 atom stereocenters. The van der Waals surface area contributed by atoms with Crippen LogP contribution in [0.2, 0.25) is 0 Å². The maximum atomic E-state index is 5.38. The fourth-order valence-corrected chi connectivity index (χ4v) is 3.06. The molecule has 7 heteroatoms. The van der Waals surface area contributed by atoms with Crippen molar-refractivity contribution < 1.29 is 4.74 Å². The van der Waals surface area contributed by atoms with Gasteiger partial charge in [-0.1, -0.05) is 30.3 Å². The molecule has 0 spiro atoms. The van der Waals surface area contributed by atoms with Gasteiger partial charge in [-0.25, -0.2) is 14.6 Å². The van der Waals surface area contributed by atoms with E-state index >= 15 is 0 Å². The highest BCUT2D eigenvalue weighted by molar-refractivity contribution is 5.86. The molecule has 1 fully saturated rings. The summed E-state index contributed by atoms with van der Waals surface area (Å²) in [4.78, 5) is 11.2. The fraction of sp³-hybridized carbons (Fsp3) is 0.389. The Kier molecular flexibility index (Phi) is 4.85. The van der Waals surface area contributed by atoms with Crippen LogP contribution in [0.3, 0.4) is 0 Å². The quantitative estimate of drug-likeness (QED) is 0.737. The summed E-state index contributed by atoms with van der Waals surface area (Å²) in [6, 6.07) is 10.3. The molecule has 0 saturated carbocycles. The number of hydrogen-bond acceptors (Lipinski definition) is 6. The predicted molar refractivity (Wildman–Crippen MR) is 96.6 cm³/mol. The second kappa shape index (κ2) is 7.58. The highest BCUT2D eigenvalue weighted by Crippen LogP contribution is 2.19. The van der Waals surface area contributed by atoms with E-state index in [1.807, 2.05) is 29.1 Å². The lowest BCUT2D eigenvalue weighted by molar-refractivity contribution is 0.0398. The third kappa shape index (κ3) is 3.78. The number of hydrogen-bond donors (Lipinski definition) is 1. The van der Waals surface area contributed by atoms with Gasteiger partial charge in [0, 0.05) is 26.2 Å². The van der Waals surface area contributed by atoms with Gasteiger partial charge >= 0.3 is 0 Å². The maximum Gasteiger partial charge on any atom is 0.163 e. The van der Waals surface area contributed by atoms with Crippen molar-refractivity contribution in [1.82, 2.24) is 24.6 Å². The summed E-state index contributed by atoms with van der Waals surface area (Å²) in [5.74, 6) is 0.845. The van der Waals surface area contributed by atoms with Crippen LogP contribution in [0.5, 0.6) is 0 Å². The normalized spacial score (nSPS) is 15.5. The van der Waals surface area contributed by atoms with E-state index in [0.29, 0.717) is 6.54 Å². The van der Waals surface area contributed by atoms with Gasteiger partial charge in [0.05, 0.1) is 31.3 Å². The molecule has 1 aliphatic heterocycles. The van der Waals surface area contributed by atoms with E-state index in [9.17, 15) is 0 Å². The van der Waals surface area contributed by atoms with E-state index in [-0.39, 0.29) is 0 Å². The van der Waals surface area contributed by atoms with Gasteiger partial charge in [-0.15, -0.1) is 0 Å². The summed E-state index contributed by atoms with van der Waals surface area (Å²) < 4.78 is 7.30. The van der Waals surface area contributed by atoms with Gasteiger partial charge in [0.25, 0.3) is 0 Å². The molecule has 1 aliphatic rings. The van der Waals surface area contributed by atoms with Crippen molar-refractivity contribution in [1.29, 1.82) is 0 Å². The molecule has 0 unspecified atom stereocenters. The molecule has 4 rings (SSSR count). The molecule has 0 aliphatic carbocycles. The second-order valence-corrected chi connectivity index (χ2v) is 6.13. The Morgan fingerprint density at radius 3 is 2.76 bits per heavy atom. The van der Waals surface area contributed by atoms with Crippen molar-refractivity contribution in [2.24, 2.45) is 0 Å². The summed E-state index contributed by atoms with van der Waals surface area (Å²) in [6.07, 6.45) is 3.44. The number of anilines is 1. The minimum absolute atomic E-state index is 0.703. The van der Waals surface area contributed by atoms with Crippen molar-refractivity contribution in [3.05, 3.63) is 48.4 Å². The average Bonchev–Trinajstić information content (AvgIpc) is 3.07. The summed E-state index contributed by atoms with van der Waals surface area (Å²) >= 11 is 0. The Hall–Kier alpha value is -2.51. The maximum absolute atomic E-state index is 5.38. The smallest absolute Gasteiger partial charge is 0.163 e. The molecule has 1 N–H and O–H groups in total. The van der Waals surface area contributed by atoms with Crippen LogP contribution < -0.4 is 5.32 Å². The number of nitrogens with zero attached hydrogens (tertiary/aromatic N) is 5. The molecule has 7 nitrogen and oxygen atoms in total. The fourth-order valence-electron chi connectivity index (χ4n) is 3.06. The first-order valence-electron chi connectivity index (χ1n) is 8.64. The minimum Gasteiger partial charge on any atom is -0.379 e. The Bertz CT molecular complexity index is 813. The first kappa shape index (κ1) is 16.0. The van der Waals surface area contributed by atoms with Crippen molar-refractivity contribution in [3.63, 3.8) is 0 Å². The van der Waals surface area contributed by atoms with Crippen LogP contribution in [0.4, 0.5) is 5.82 Å². The average molecular weight is 338 g/mol. The lowest BCUT2D eigenvalue weighted by atomic mass is 10.2. The van der Waals surface area contributed by atoms with E-state index in [1.165, 1.54) is 5.56 Å². The zero-order chi connectivity index (χ0) is 16.9. The standard InChI is InChI=1S/C18H22N6O/c1-2-4-15(5-3-1)13-24-18-16(12-22-24)17(20-14-21-18)19-6-7-23-8-10-25-11-9-23/h1-5,12,14H,6-11,13H2,(H,19,20,21). The second-order valence-electron chi connectivity index (χ2n) is 6.13. The van der Waals surface area contributed by atoms with Crippen LogP contribution in [0.15, 0.2) is 42.9 Å². The van der Waals surface area contributed by atoms with E-state index < -0.39 is 0 Å². The Morgan fingerprint density at radius 2 is 1.92 bits per heavy atom. The number of fused-ring (bicyclic) bond motifs is 1. The summed E-state index contributed by atoms with van der Waals surface area (Å²) in [5, 5.41) is 8.88. The van der Waals surface area contributed by atoms with E-state index in [1.54, 1.807) is 6.33 Å².